The van der Waals surface area contributed by atoms with Gasteiger partial charge in [0, 0.05) is 4.88 Å². The number of aromatic nitrogens is 1. The maximum absolute atomic E-state index is 12.1. The summed E-state index contributed by atoms with van der Waals surface area (Å²) in [6.07, 6.45) is 4.27. The first kappa shape index (κ1) is 12.9. The van der Waals surface area contributed by atoms with Crippen molar-refractivity contribution in [1.82, 2.24) is 4.98 Å². The molecule has 1 heterocycles. The smallest absolute Gasteiger partial charge is 0.261 e. The zero-order valence-corrected chi connectivity index (χ0v) is 11.5. The van der Waals surface area contributed by atoms with Crippen molar-refractivity contribution in [3.05, 3.63) is 34.3 Å². The molecule has 0 unspecified atom stereocenters. The van der Waals surface area contributed by atoms with E-state index in [1.54, 1.807) is 0 Å². The van der Waals surface area contributed by atoms with Gasteiger partial charge < -0.3 is 10.2 Å². The molecule has 6 heteroatoms. The molecule has 0 bridgehead atoms. The fraction of sp³-hybridized carbons (Fsp3) is 0.286. The summed E-state index contributed by atoms with van der Waals surface area (Å²) in [6, 6.07) is 4.29. The normalized spacial score (nSPS) is 13.8. The number of carbonyl (C=O) groups excluding carboxylic acids is 1. The first-order valence-electron chi connectivity index (χ1n) is 6.46. The number of phenols is 2. The van der Waals surface area contributed by atoms with E-state index in [-0.39, 0.29) is 11.3 Å². The molecule has 0 saturated carbocycles. The zero-order chi connectivity index (χ0) is 14.1. The number of aromatic hydroxyl groups is 2. The minimum absolute atomic E-state index is 0.0400. The Labute approximate surface area is 119 Å². The van der Waals surface area contributed by atoms with Gasteiger partial charge in [-0.3, -0.25) is 10.1 Å². The van der Waals surface area contributed by atoms with E-state index in [4.69, 9.17) is 0 Å². The van der Waals surface area contributed by atoms with Crippen LogP contribution in [0.4, 0.5) is 5.13 Å². The van der Waals surface area contributed by atoms with Crippen LogP contribution in [-0.4, -0.2) is 21.1 Å². The highest BCUT2D eigenvalue weighted by Crippen LogP contribution is 2.32. The van der Waals surface area contributed by atoms with E-state index in [9.17, 15) is 15.0 Å². The Hall–Kier alpha value is -2.08. The Kier molecular flexibility index (Phi) is 3.31. The van der Waals surface area contributed by atoms with Crippen LogP contribution in [-0.2, 0) is 12.8 Å². The lowest BCUT2D eigenvalue weighted by atomic mass is 10.0. The largest absolute Gasteiger partial charge is 0.504 e. The molecule has 2 aromatic rings. The zero-order valence-electron chi connectivity index (χ0n) is 10.7. The average Bonchev–Trinajstić information content (AvgIpc) is 2.83. The van der Waals surface area contributed by atoms with Crippen molar-refractivity contribution in [3.8, 4) is 11.5 Å². The molecule has 20 heavy (non-hydrogen) atoms. The number of nitrogens with one attached hydrogen (secondary N) is 1. The van der Waals surface area contributed by atoms with Crippen LogP contribution in [0.5, 0.6) is 11.5 Å². The van der Waals surface area contributed by atoms with Gasteiger partial charge in [0.05, 0.1) is 11.3 Å². The molecule has 0 aliphatic heterocycles. The van der Waals surface area contributed by atoms with Crippen LogP contribution in [0.1, 0.15) is 33.8 Å². The summed E-state index contributed by atoms with van der Waals surface area (Å²) in [4.78, 5) is 17.7. The van der Waals surface area contributed by atoms with E-state index < -0.39 is 11.7 Å². The van der Waals surface area contributed by atoms with Crippen molar-refractivity contribution in [2.24, 2.45) is 0 Å². The minimum atomic E-state index is -0.468. The van der Waals surface area contributed by atoms with Gasteiger partial charge in [0.15, 0.2) is 16.6 Å². The van der Waals surface area contributed by atoms with Gasteiger partial charge in [-0.15, -0.1) is 11.3 Å². The summed E-state index contributed by atoms with van der Waals surface area (Å²) >= 11 is 1.48. The van der Waals surface area contributed by atoms with Gasteiger partial charge in [-0.05, 0) is 37.8 Å². The lowest BCUT2D eigenvalue weighted by Crippen LogP contribution is -2.12. The highest BCUT2D eigenvalue weighted by Gasteiger charge is 2.19. The summed E-state index contributed by atoms with van der Waals surface area (Å²) in [6.45, 7) is 0. The molecule has 3 rings (SSSR count). The second kappa shape index (κ2) is 5.13. The predicted molar refractivity (Wildman–Crippen MR) is 76.5 cm³/mol. The standard InChI is InChI=1S/C14H14N2O3S/c17-10-6-3-4-8(12(10)18)13(19)16-14-15-9-5-1-2-7-11(9)20-14/h3-4,6,17-18H,1-2,5,7H2,(H,15,16,19). The number of amides is 1. The number of rotatable bonds is 2. The molecule has 1 aliphatic rings. The molecule has 3 N–H and O–H groups in total. The van der Waals surface area contributed by atoms with E-state index in [2.05, 4.69) is 10.3 Å². The van der Waals surface area contributed by atoms with Gasteiger partial charge in [-0.2, -0.15) is 0 Å². The van der Waals surface area contributed by atoms with Gasteiger partial charge >= 0.3 is 0 Å². The molecule has 0 spiro atoms. The molecule has 0 fully saturated rings. The monoisotopic (exact) mass is 290 g/mol. The quantitative estimate of drug-likeness (QED) is 0.743. The Bertz CT molecular complexity index is 643. The van der Waals surface area contributed by atoms with Crippen LogP contribution in [0.3, 0.4) is 0 Å². The second-order valence-corrected chi connectivity index (χ2v) is 5.81. The highest BCUT2D eigenvalue weighted by molar-refractivity contribution is 7.15. The number of para-hydroxylation sites is 1. The third-order valence-electron chi connectivity index (χ3n) is 3.33. The number of benzene rings is 1. The highest BCUT2D eigenvalue weighted by atomic mass is 32.1. The maximum Gasteiger partial charge on any atom is 0.261 e. The van der Waals surface area contributed by atoms with E-state index in [1.807, 2.05) is 0 Å². The minimum Gasteiger partial charge on any atom is -0.504 e. The van der Waals surface area contributed by atoms with Crippen LogP contribution in [0, 0.1) is 0 Å². The van der Waals surface area contributed by atoms with E-state index in [0.29, 0.717) is 5.13 Å². The number of hydrogen-bond acceptors (Lipinski definition) is 5. The molecule has 0 atom stereocenters. The van der Waals surface area contributed by atoms with Crippen LogP contribution < -0.4 is 5.32 Å². The summed E-state index contributed by atoms with van der Waals surface area (Å²) in [5.41, 5.74) is 1.11. The molecular weight excluding hydrogens is 276 g/mol. The van der Waals surface area contributed by atoms with Crippen molar-refractivity contribution in [1.29, 1.82) is 0 Å². The molecule has 1 amide bonds. The first-order chi connectivity index (χ1) is 9.65. The van der Waals surface area contributed by atoms with E-state index >= 15 is 0 Å². The fourth-order valence-corrected chi connectivity index (χ4v) is 3.33. The van der Waals surface area contributed by atoms with Gasteiger partial charge in [0.1, 0.15) is 0 Å². The summed E-state index contributed by atoms with van der Waals surface area (Å²) < 4.78 is 0. The number of nitrogens with zero attached hydrogens (tertiary/aromatic N) is 1. The van der Waals surface area contributed by atoms with Crippen LogP contribution in [0.2, 0.25) is 0 Å². The number of hydrogen-bond donors (Lipinski definition) is 3. The number of phenolic OH excluding ortho intramolecular Hbond substituents is 2. The van der Waals surface area contributed by atoms with Crippen LogP contribution in [0.15, 0.2) is 18.2 Å². The topological polar surface area (TPSA) is 82.5 Å². The molecule has 0 radical (unpaired) electrons. The summed E-state index contributed by atoms with van der Waals surface area (Å²) in [5, 5.41) is 22.3. The predicted octanol–water partition coefficient (Wildman–Crippen LogP) is 2.69. The SMILES string of the molecule is O=C(Nc1nc2c(s1)CCCC2)c1cccc(O)c1O. The molecule has 1 aromatic heterocycles. The van der Waals surface area contributed by atoms with Crippen molar-refractivity contribution in [3.63, 3.8) is 0 Å². The maximum atomic E-state index is 12.1. The van der Waals surface area contributed by atoms with Crippen LogP contribution >= 0.6 is 11.3 Å². The molecule has 1 aromatic carbocycles. The molecule has 1 aliphatic carbocycles. The average molecular weight is 290 g/mol. The second-order valence-electron chi connectivity index (χ2n) is 4.72. The van der Waals surface area contributed by atoms with Gasteiger partial charge in [0.2, 0.25) is 0 Å². The fourth-order valence-electron chi connectivity index (χ4n) is 2.28. The van der Waals surface area contributed by atoms with Gasteiger partial charge in [-0.1, -0.05) is 6.07 Å². The molecule has 104 valence electrons. The molecular formula is C14H14N2O3S. The van der Waals surface area contributed by atoms with Gasteiger partial charge in [0.25, 0.3) is 5.91 Å². The number of carbonyl (C=O) groups is 1. The Morgan fingerprint density at radius 3 is 2.85 bits per heavy atom. The summed E-state index contributed by atoms with van der Waals surface area (Å²) in [5.74, 6) is -1.19. The van der Waals surface area contributed by atoms with Crippen LogP contribution in [0.25, 0.3) is 0 Å². The lowest BCUT2D eigenvalue weighted by Gasteiger charge is -2.06. The third-order valence-corrected chi connectivity index (χ3v) is 4.40. The van der Waals surface area contributed by atoms with Crippen molar-refractivity contribution in [2.75, 3.05) is 5.32 Å². The van der Waals surface area contributed by atoms with Crippen molar-refractivity contribution < 1.29 is 15.0 Å². The summed E-state index contributed by atoms with van der Waals surface area (Å²) in [7, 11) is 0. The number of fused-ring (bicyclic) bond motifs is 1. The molecule has 5 nitrogen and oxygen atoms in total. The Morgan fingerprint density at radius 1 is 1.25 bits per heavy atom. The third kappa shape index (κ3) is 2.34. The molecule has 0 saturated heterocycles. The Balaban J connectivity index is 1.82. The number of aryl methyl sites for hydroxylation is 2. The van der Waals surface area contributed by atoms with E-state index in [1.165, 1.54) is 34.4 Å². The Morgan fingerprint density at radius 2 is 2.05 bits per heavy atom. The van der Waals surface area contributed by atoms with Crippen molar-refractivity contribution >= 4 is 22.4 Å². The van der Waals surface area contributed by atoms with E-state index in [0.717, 1.165) is 31.4 Å². The van der Waals surface area contributed by atoms with Gasteiger partial charge in [-0.25, -0.2) is 4.98 Å². The lowest BCUT2D eigenvalue weighted by molar-refractivity contribution is 0.102. The van der Waals surface area contributed by atoms with Crippen molar-refractivity contribution in [2.45, 2.75) is 25.7 Å². The number of anilines is 1. The first-order valence-corrected chi connectivity index (χ1v) is 7.27. The number of thiazole rings is 1.